The summed E-state index contributed by atoms with van der Waals surface area (Å²) in [5, 5.41) is 3.55. The van der Waals surface area contributed by atoms with Gasteiger partial charge in [-0.3, -0.25) is 0 Å². The molecule has 1 unspecified atom stereocenters. The Balaban J connectivity index is 3.71. The number of nitrogens with one attached hydrogen (secondary N) is 1. The van der Waals surface area contributed by atoms with Crippen LogP contribution in [0.15, 0.2) is 0 Å². The minimum absolute atomic E-state index is 0.571. The molecule has 0 bridgehead atoms. The summed E-state index contributed by atoms with van der Waals surface area (Å²) in [7, 11) is 0. The molecule has 0 saturated heterocycles. The molecular formula is C13H25NS. The lowest BCUT2D eigenvalue weighted by Crippen LogP contribution is -2.31. The molecule has 0 aromatic heterocycles. The second-order valence-corrected chi connectivity index (χ2v) is 5.29. The molecule has 0 aliphatic carbocycles. The molecule has 0 radical (unpaired) electrons. The van der Waals surface area contributed by atoms with Gasteiger partial charge in [0.2, 0.25) is 0 Å². The van der Waals surface area contributed by atoms with Crippen molar-refractivity contribution >= 4 is 11.8 Å². The first-order valence-corrected chi connectivity index (χ1v) is 7.06. The van der Waals surface area contributed by atoms with Crippen LogP contribution in [0.1, 0.15) is 40.5 Å². The third kappa shape index (κ3) is 10.2. The fourth-order valence-corrected chi connectivity index (χ4v) is 2.34. The third-order valence-corrected chi connectivity index (χ3v) is 3.52. The van der Waals surface area contributed by atoms with Crippen LogP contribution in [-0.4, -0.2) is 24.1 Å². The first-order valence-electron chi connectivity index (χ1n) is 5.91. The monoisotopic (exact) mass is 227 g/mol. The van der Waals surface area contributed by atoms with E-state index in [0.717, 1.165) is 18.9 Å². The summed E-state index contributed by atoms with van der Waals surface area (Å²) >= 11 is 2.04. The molecule has 88 valence electrons. The van der Waals surface area contributed by atoms with Crippen LogP contribution in [0.3, 0.4) is 0 Å². The van der Waals surface area contributed by atoms with E-state index < -0.39 is 0 Å². The highest BCUT2D eigenvalue weighted by molar-refractivity contribution is 7.99. The lowest BCUT2D eigenvalue weighted by Gasteiger charge is -2.16. The molecule has 0 aliphatic heterocycles. The predicted molar refractivity (Wildman–Crippen MR) is 72.3 cm³/mol. The molecule has 2 heteroatoms. The van der Waals surface area contributed by atoms with Gasteiger partial charge in [0, 0.05) is 18.2 Å². The van der Waals surface area contributed by atoms with E-state index in [2.05, 4.69) is 37.9 Å². The van der Waals surface area contributed by atoms with Crippen LogP contribution in [-0.2, 0) is 0 Å². The Morgan fingerprint density at radius 2 is 2.00 bits per heavy atom. The number of thioether (sulfide) groups is 1. The van der Waals surface area contributed by atoms with Gasteiger partial charge in [0.15, 0.2) is 0 Å². The molecule has 0 aromatic rings. The van der Waals surface area contributed by atoms with Crippen molar-refractivity contribution < 1.29 is 0 Å². The van der Waals surface area contributed by atoms with Gasteiger partial charge in [-0.05, 0) is 31.6 Å². The Bertz CT molecular complexity index is 190. The van der Waals surface area contributed by atoms with E-state index >= 15 is 0 Å². The first-order chi connectivity index (χ1) is 7.20. The van der Waals surface area contributed by atoms with Crippen LogP contribution < -0.4 is 5.32 Å². The zero-order chi connectivity index (χ0) is 11.5. The standard InChI is InChI=1S/C13H25NS/c1-5-7-8-13(14-9-6-2)11-15-10-12(3)4/h12-14H,6,8-11H2,1-4H3. The first kappa shape index (κ1) is 14.9. The van der Waals surface area contributed by atoms with Gasteiger partial charge in [-0.1, -0.05) is 20.8 Å². The molecular weight excluding hydrogens is 202 g/mol. The van der Waals surface area contributed by atoms with Crippen molar-refractivity contribution in [3.63, 3.8) is 0 Å². The largest absolute Gasteiger partial charge is 0.312 e. The Morgan fingerprint density at radius 1 is 1.27 bits per heavy atom. The number of rotatable bonds is 8. The summed E-state index contributed by atoms with van der Waals surface area (Å²) in [5.74, 6) is 9.38. The molecule has 1 atom stereocenters. The van der Waals surface area contributed by atoms with Crippen molar-refractivity contribution in [3.8, 4) is 11.8 Å². The summed E-state index contributed by atoms with van der Waals surface area (Å²) in [4.78, 5) is 0. The van der Waals surface area contributed by atoms with Gasteiger partial charge in [-0.2, -0.15) is 11.8 Å². The second-order valence-electron chi connectivity index (χ2n) is 4.21. The topological polar surface area (TPSA) is 12.0 Å². The molecule has 1 N–H and O–H groups in total. The van der Waals surface area contributed by atoms with Gasteiger partial charge in [0.05, 0.1) is 0 Å². The SMILES string of the molecule is CC#CCC(CSCC(C)C)NCCC. The predicted octanol–water partition coefficient (Wildman–Crippen LogP) is 3.16. The normalized spacial score (nSPS) is 12.3. The summed E-state index contributed by atoms with van der Waals surface area (Å²) in [5.41, 5.74) is 0. The van der Waals surface area contributed by atoms with Gasteiger partial charge < -0.3 is 5.32 Å². The average Bonchev–Trinajstić information content (AvgIpc) is 2.20. The van der Waals surface area contributed by atoms with Crippen LogP contribution in [0.25, 0.3) is 0 Å². The van der Waals surface area contributed by atoms with Gasteiger partial charge in [-0.15, -0.1) is 11.8 Å². The Kier molecular flexibility index (Phi) is 10.3. The minimum Gasteiger partial charge on any atom is -0.312 e. The van der Waals surface area contributed by atoms with Crippen LogP contribution in [0.4, 0.5) is 0 Å². The van der Waals surface area contributed by atoms with Crippen molar-refractivity contribution in [1.82, 2.24) is 5.32 Å². The van der Waals surface area contributed by atoms with Gasteiger partial charge in [0.1, 0.15) is 0 Å². The van der Waals surface area contributed by atoms with E-state index in [1.54, 1.807) is 0 Å². The quantitative estimate of drug-likeness (QED) is 0.639. The summed E-state index contributed by atoms with van der Waals surface area (Å²) in [6.07, 6.45) is 2.19. The van der Waals surface area contributed by atoms with Crippen molar-refractivity contribution in [2.45, 2.75) is 46.6 Å². The Morgan fingerprint density at radius 3 is 2.53 bits per heavy atom. The molecule has 1 nitrogen and oxygen atoms in total. The summed E-state index contributed by atoms with van der Waals surface area (Å²) in [6.45, 7) is 9.77. The van der Waals surface area contributed by atoms with E-state index in [1.807, 2.05) is 18.7 Å². The zero-order valence-electron chi connectivity index (χ0n) is 10.6. The summed E-state index contributed by atoms with van der Waals surface area (Å²) < 4.78 is 0. The highest BCUT2D eigenvalue weighted by Crippen LogP contribution is 2.10. The fraction of sp³-hybridized carbons (Fsp3) is 0.846. The Hall–Kier alpha value is -0.130. The highest BCUT2D eigenvalue weighted by Gasteiger charge is 2.06. The molecule has 0 amide bonds. The molecule has 0 fully saturated rings. The van der Waals surface area contributed by atoms with Crippen LogP contribution in [0.2, 0.25) is 0 Å². The number of hydrogen-bond donors (Lipinski definition) is 1. The van der Waals surface area contributed by atoms with Crippen LogP contribution >= 0.6 is 11.8 Å². The Labute approximate surface area is 99.8 Å². The van der Waals surface area contributed by atoms with Crippen molar-refractivity contribution in [2.75, 3.05) is 18.1 Å². The zero-order valence-corrected chi connectivity index (χ0v) is 11.4. The second kappa shape index (κ2) is 10.4. The van der Waals surface area contributed by atoms with Gasteiger partial charge in [0.25, 0.3) is 0 Å². The third-order valence-electron chi connectivity index (χ3n) is 1.98. The highest BCUT2D eigenvalue weighted by atomic mass is 32.2. The van der Waals surface area contributed by atoms with Crippen molar-refractivity contribution in [2.24, 2.45) is 5.92 Å². The fourth-order valence-electron chi connectivity index (χ4n) is 1.21. The molecule has 0 aromatic carbocycles. The van der Waals surface area contributed by atoms with E-state index in [1.165, 1.54) is 17.9 Å². The van der Waals surface area contributed by atoms with Crippen molar-refractivity contribution in [1.29, 1.82) is 0 Å². The smallest absolute Gasteiger partial charge is 0.0267 e. The van der Waals surface area contributed by atoms with Gasteiger partial charge in [-0.25, -0.2) is 0 Å². The lowest BCUT2D eigenvalue weighted by atomic mass is 10.2. The van der Waals surface area contributed by atoms with E-state index in [4.69, 9.17) is 0 Å². The average molecular weight is 227 g/mol. The maximum atomic E-state index is 3.55. The maximum absolute atomic E-state index is 3.55. The molecule has 0 aliphatic rings. The summed E-state index contributed by atoms with van der Waals surface area (Å²) in [6, 6.07) is 0.571. The van der Waals surface area contributed by atoms with E-state index in [9.17, 15) is 0 Å². The molecule has 0 heterocycles. The van der Waals surface area contributed by atoms with Crippen LogP contribution in [0.5, 0.6) is 0 Å². The van der Waals surface area contributed by atoms with E-state index in [0.29, 0.717) is 6.04 Å². The van der Waals surface area contributed by atoms with Crippen LogP contribution in [0, 0.1) is 17.8 Å². The van der Waals surface area contributed by atoms with Gasteiger partial charge >= 0.3 is 0 Å². The molecule has 0 saturated carbocycles. The lowest BCUT2D eigenvalue weighted by molar-refractivity contribution is 0.562. The minimum atomic E-state index is 0.571. The van der Waals surface area contributed by atoms with E-state index in [-0.39, 0.29) is 0 Å². The van der Waals surface area contributed by atoms with Crippen molar-refractivity contribution in [3.05, 3.63) is 0 Å². The molecule has 0 rings (SSSR count). The molecule has 0 spiro atoms. The maximum Gasteiger partial charge on any atom is 0.0267 e. The number of hydrogen-bond acceptors (Lipinski definition) is 2. The molecule has 15 heavy (non-hydrogen) atoms.